The lowest BCUT2D eigenvalue weighted by Crippen LogP contribution is -2.47. The summed E-state index contributed by atoms with van der Waals surface area (Å²) in [6.07, 6.45) is 1.25. The van der Waals surface area contributed by atoms with Crippen molar-refractivity contribution in [3.63, 3.8) is 0 Å². The lowest BCUT2D eigenvalue weighted by molar-refractivity contribution is -0.117. The van der Waals surface area contributed by atoms with E-state index in [1.54, 1.807) is 37.3 Å². The Balaban J connectivity index is 2.39. The predicted molar refractivity (Wildman–Crippen MR) is 114 cm³/mol. The minimum absolute atomic E-state index is 0.154. The molecule has 0 saturated heterocycles. The summed E-state index contributed by atoms with van der Waals surface area (Å²) >= 11 is 12.2. The summed E-state index contributed by atoms with van der Waals surface area (Å²) in [5.74, 6) is 0.115. The number of nitrogens with zero attached hydrogens (tertiary/aromatic N) is 1. The molecule has 0 bridgehead atoms. The van der Waals surface area contributed by atoms with Crippen LogP contribution in [0.4, 0.5) is 11.4 Å². The van der Waals surface area contributed by atoms with Crippen molar-refractivity contribution in [3.8, 4) is 5.75 Å². The van der Waals surface area contributed by atoms with Gasteiger partial charge < -0.3 is 10.1 Å². The highest BCUT2D eigenvalue weighted by Gasteiger charge is 2.33. The maximum atomic E-state index is 12.9. The van der Waals surface area contributed by atoms with Gasteiger partial charge in [0.1, 0.15) is 11.8 Å². The van der Waals surface area contributed by atoms with E-state index in [2.05, 4.69) is 5.32 Å². The van der Waals surface area contributed by atoms with Crippen LogP contribution in [-0.2, 0) is 14.8 Å². The Morgan fingerprint density at radius 2 is 1.89 bits per heavy atom. The van der Waals surface area contributed by atoms with Gasteiger partial charge in [-0.3, -0.25) is 9.10 Å². The normalized spacial score (nSPS) is 12.3. The number of ether oxygens (including phenoxy) is 1. The molecule has 2 rings (SSSR count). The molecule has 0 saturated carbocycles. The average molecular weight is 445 g/mol. The molecule has 9 heteroatoms. The molecule has 28 heavy (non-hydrogen) atoms. The van der Waals surface area contributed by atoms with Crippen molar-refractivity contribution in [3.05, 3.63) is 52.5 Å². The van der Waals surface area contributed by atoms with Crippen molar-refractivity contribution in [2.45, 2.75) is 26.3 Å². The Morgan fingerprint density at radius 1 is 1.18 bits per heavy atom. The molecule has 6 nitrogen and oxygen atoms in total. The van der Waals surface area contributed by atoms with E-state index in [4.69, 9.17) is 27.9 Å². The van der Waals surface area contributed by atoms with Crippen LogP contribution in [0.1, 0.15) is 20.3 Å². The Morgan fingerprint density at radius 3 is 2.50 bits per heavy atom. The third-order valence-corrected chi connectivity index (χ3v) is 5.61. The van der Waals surface area contributed by atoms with Gasteiger partial charge in [-0.2, -0.15) is 0 Å². The molecule has 0 aromatic heterocycles. The molecule has 0 radical (unpaired) electrons. The van der Waals surface area contributed by atoms with Gasteiger partial charge in [0.05, 0.1) is 23.6 Å². The van der Waals surface area contributed by atoms with Gasteiger partial charge in [0.2, 0.25) is 15.9 Å². The first-order valence-corrected chi connectivity index (χ1v) is 11.3. The first-order chi connectivity index (χ1) is 13.2. The summed E-state index contributed by atoms with van der Waals surface area (Å²) in [7, 11) is -3.82. The van der Waals surface area contributed by atoms with Crippen LogP contribution in [0.2, 0.25) is 10.0 Å². The van der Waals surface area contributed by atoms with Crippen LogP contribution in [0.3, 0.4) is 0 Å². The Labute approximate surface area is 175 Å². The van der Waals surface area contributed by atoms with Gasteiger partial charge in [0.15, 0.2) is 0 Å². The summed E-state index contributed by atoms with van der Waals surface area (Å²) < 4.78 is 31.5. The summed E-state index contributed by atoms with van der Waals surface area (Å²) in [5, 5.41) is 3.24. The number of benzene rings is 2. The Hall–Kier alpha value is -1.96. The van der Waals surface area contributed by atoms with E-state index in [1.807, 2.05) is 6.92 Å². The van der Waals surface area contributed by atoms with Crippen molar-refractivity contribution in [2.75, 3.05) is 22.5 Å². The van der Waals surface area contributed by atoms with E-state index in [0.717, 1.165) is 10.6 Å². The second kappa shape index (κ2) is 9.49. The minimum atomic E-state index is -3.82. The maximum absolute atomic E-state index is 12.9. The van der Waals surface area contributed by atoms with Crippen molar-refractivity contribution < 1.29 is 17.9 Å². The smallest absolute Gasteiger partial charge is 0.248 e. The van der Waals surface area contributed by atoms with Crippen LogP contribution in [0.15, 0.2) is 42.5 Å². The average Bonchev–Trinajstić information content (AvgIpc) is 2.61. The largest absolute Gasteiger partial charge is 0.494 e. The Kier molecular flexibility index (Phi) is 7.57. The standard InChI is InChI=1S/C19H22Cl2N2O4S/c1-4-17(19(24)22-14-7-6-8-15(12-14)27-5-2)23(28(3,25)26)18-11-13(20)9-10-16(18)21/h6-12,17H,4-5H2,1-3H3,(H,22,24)/t17-/m0/s1. The van der Waals surface area contributed by atoms with Crippen molar-refractivity contribution >= 4 is 50.5 Å². The lowest BCUT2D eigenvalue weighted by Gasteiger charge is -2.30. The SMILES string of the molecule is CCOc1cccc(NC(=O)[C@H](CC)N(c2cc(Cl)ccc2Cl)S(C)(=O)=O)c1. The van der Waals surface area contributed by atoms with Crippen LogP contribution in [0.25, 0.3) is 0 Å². The number of nitrogens with one attached hydrogen (secondary N) is 1. The molecule has 0 fully saturated rings. The highest BCUT2D eigenvalue weighted by atomic mass is 35.5. The number of rotatable bonds is 8. The number of carbonyl (C=O) groups excluding carboxylic acids is 1. The van der Waals surface area contributed by atoms with Crippen LogP contribution in [0.5, 0.6) is 5.75 Å². The fourth-order valence-corrected chi connectivity index (χ4v) is 4.39. The van der Waals surface area contributed by atoms with E-state index < -0.39 is 22.0 Å². The number of hydrogen-bond donors (Lipinski definition) is 1. The number of halogens is 2. The van der Waals surface area contributed by atoms with Crippen LogP contribution in [0, 0.1) is 0 Å². The van der Waals surface area contributed by atoms with E-state index in [1.165, 1.54) is 12.1 Å². The maximum Gasteiger partial charge on any atom is 0.248 e. The topological polar surface area (TPSA) is 75.7 Å². The zero-order valence-corrected chi connectivity index (χ0v) is 18.1. The van der Waals surface area contributed by atoms with Gasteiger partial charge in [0, 0.05) is 16.8 Å². The molecular formula is C19H22Cl2N2O4S. The molecule has 0 spiro atoms. The molecule has 1 amide bonds. The number of anilines is 2. The van der Waals surface area contributed by atoms with Crippen molar-refractivity contribution in [1.82, 2.24) is 0 Å². The number of carbonyl (C=O) groups is 1. The van der Waals surface area contributed by atoms with Gasteiger partial charge >= 0.3 is 0 Å². The molecule has 2 aromatic rings. The predicted octanol–water partition coefficient (Wildman–Crippen LogP) is 4.58. The molecule has 0 aliphatic heterocycles. The van der Waals surface area contributed by atoms with E-state index in [0.29, 0.717) is 23.1 Å². The highest BCUT2D eigenvalue weighted by molar-refractivity contribution is 7.92. The van der Waals surface area contributed by atoms with Gasteiger partial charge in [-0.25, -0.2) is 8.42 Å². The molecule has 1 atom stereocenters. The fourth-order valence-electron chi connectivity index (χ4n) is 2.75. The van der Waals surface area contributed by atoms with Crippen LogP contribution in [-0.4, -0.2) is 33.2 Å². The van der Waals surface area contributed by atoms with E-state index in [-0.39, 0.29) is 17.1 Å². The van der Waals surface area contributed by atoms with Gasteiger partial charge in [-0.1, -0.05) is 36.2 Å². The lowest BCUT2D eigenvalue weighted by atomic mass is 10.1. The molecule has 0 aliphatic rings. The molecule has 0 aliphatic carbocycles. The van der Waals surface area contributed by atoms with Crippen LogP contribution < -0.4 is 14.4 Å². The summed E-state index contributed by atoms with van der Waals surface area (Å²) in [4.78, 5) is 12.9. The molecular weight excluding hydrogens is 423 g/mol. The fraction of sp³-hybridized carbons (Fsp3) is 0.316. The third kappa shape index (κ3) is 5.53. The molecule has 1 N–H and O–H groups in total. The molecule has 152 valence electrons. The summed E-state index contributed by atoms with van der Waals surface area (Å²) in [5.41, 5.74) is 0.654. The zero-order chi connectivity index (χ0) is 20.9. The quantitative estimate of drug-likeness (QED) is 0.646. The second-order valence-electron chi connectivity index (χ2n) is 6.03. The van der Waals surface area contributed by atoms with Gasteiger partial charge in [-0.05, 0) is 43.7 Å². The third-order valence-electron chi connectivity index (χ3n) is 3.89. The molecule has 2 aromatic carbocycles. The summed E-state index contributed by atoms with van der Waals surface area (Å²) in [6.45, 7) is 4.07. The van der Waals surface area contributed by atoms with Crippen molar-refractivity contribution in [2.24, 2.45) is 0 Å². The molecule has 0 unspecified atom stereocenters. The van der Waals surface area contributed by atoms with E-state index >= 15 is 0 Å². The van der Waals surface area contributed by atoms with Crippen molar-refractivity contribution in [1.29, 1.82) is 0 Å². The number of hydrogen-bond acceptors (Lipinski definition) is 4. The minimum Gasteiger partial charge on any atom is -0.494 e. The van der Waals surface area contributed by atoms with Gasteiger partial charge in [-0.15, -0.1) is 0 Å². The Bertz CT molecular complexity index is 951. The van der Waals surface area contributed by atoms with Crippen LogP contribution >= 0.6 is 23.2 Å². The zero-order valence-electron chi connectivity index (χ0n) is 15.8. The highest BCUT2D eigenvalue weighted by Crippen LogP contribution is 2.33. The first kappa shape index (κ1) is 22.3. The summed E-state index contributed by atoms with van der Waals surface area (Å²) in [6, 6.07) is 10.3. The molecule has 0 heterocycles. The number of sulfonamides is 1. The van der Waals surface area contributed by atoms with Gasteiger partial charge in [0.25, 0.3) is 0 Å². The second-order valence-corrected chi connectivity index (χ2v) is 8.73. The first-order valence-electron chi connectivity index (χ1n) is 8.65. The number of amides is 1. The monoisotopic (exact) mass is 444 g/mol. The van der Waals surface area contributed by atoms with E-state index in [9.17, 15) is 13.2 Å².